The maximum absolute atomic E-state index is 2.52. The van der Waals surface area contributed by atoms with Crippen molar-refractivity contribution in [3.63, 3.8) is 0 Å². The maximum Gasteiger partial charge on any atom is 0.131 e. The number of fused-ring (bicyclic) bond motifs is 12. The molecule has 0 aliphatic carbocycles. The van der Waals surface area contributed by atoms with Gasteiger partial charge < -0.3 is 4.57 Å². The zero-order valence-corrected chi connectivity index (χ0v) is 28.8. The number of benzene rings is 8. The topological polar surface area (TPSA) is 14.8 Å². The van der Waals surface area contributed by atoms with Gasteiger partial charge in [0.15, 0.2) is 0 Å². The lowest BCUT2D eigenvalue weighted by Gasteiger charge is -2.22. The van der Waals surface area contributed by atoms with Crippen LogP contribution >= 0.6 is 11.8 Å². The number of para-hydroxylation sites is 4. The van der Waals surface area contributed by atoms with Crippen LogP contribution in [0.1, 0.15) is 0 Å². The van der Waals surface area contributed by atoms with Crippen LogP contribution in [0.2, 0.25) is 0 Å². The molecule has 0 unspecified atom stereocenters. The Morgan fingerprint density at radius 1 is 0.365 bits per heavy atom. The monoisotopic (exact) mass is 679 g/mol. The third-order valence-electron chi connectivity index (χ3n) is 11.0. The zero-order chi connectivity index (χ0) is 33.9. The lowest BCUT2D eigenvalue weighted by Crippen LogP contribution is -2.05. The van der Waals surface area contributed by atoms with E-state index < -0.39 is 0 Å². The second kappa shape index (κ2) is 10.5. The van der Waals surface area contributed by atoms with Crippen molar-refractivity contribution in [2.24, 2.45) is 0 Å². The van der Waals surface area contributed by atoms with Crippen LogP contribution < -0.4 is 0 Å². The Bertz CT molecular complexity index is 3270. The Morgan fingerprint density at radius 3 is 1.94 bits per heavy atom. The highest BCUT2D eigenvalue weighted by molar-refractivity contribution is 7.99. The normalized spacial score (nSPS) is 12.5. The van der Waals surface area contributed by atoms with Crippen molar-refractivity contribution in [1.82, 2.24) is 13.7 Å². The molecule has 0 spiro atoms. The van der Waals surface area contributed by atoms with E-state index in [1.54, 1.807) is 0 Å². The van der Waals surface area contributed by atoms with E-state index >= 15 is 0 Å². The van der Waals surface area contributed by atoms with Gasteiger partial charge in [-0.3, -0.25) is 9.13 Å². The SMILES string of the molecule is c1ccc(-n2c3ccccc3c3c4cccc5c4n(c32)-c2ccc(-c3cccc(-n4c6ccccc6c6ccc7ccccc7c64)c3)cc2S5)cc1. The van der Waals surface area contributed by atoms with Gasteiger partial charge >= 0.3 is 0 Å². The molecule has 3 aromatic heterocycles. The van der Waals surface area contributed by atoms with Gasteiger partial charge in [0.2, 0.25) is 0 Å². The number of hydrogen-bond donors (Lipinski definition) is 0. The van der Waals surface area contributed by atoms with Gasteiger partial charge in [-0.05, 0) is 71.1 Å². The highest BCUT2D eigenvalue weighted by atomic mass is 32.2. The van der Waals surface area contributed by atoms with Crippen molar-refractivity contribution in [3.05, 3.63) is 176 Å². The van der Waals surface area contributed by atoms with Crippen LogP contribution in [0, 0.1) is 0 Å². The Hall–Kier alpha value is -6.49. The van der Waals surface area contributed by atoms with Gasteiger partial charge in [0.1, 0.15) is 5.65 Å². The molecule has 12 rings (SSSR count). The van der Waals surface area contributed by atoms with E-state index in [0.717, 1.165) is 5.69 Å². The molecule has 0 amide bonds. The van der Waals surface area contributed by atoms with E-state index in [9.17, 15) is 0 Å². The van der Waals surface area contributed by atoms with Gasteiger partial charge in [-0.1, -0.05) is 133 Å². The first-order valence-corrected chi connectivity index (χ1v) is 18.6. The van der Waals surface area contributed by atoms with Crippen molar-refractivity contribution >= 4 is 77.2 Å². The van der Waals surface area contributed by atoms with E-state index in [0.29, 0.717) is 0 Å². The molecule has 0 radical (unpaired) electrons. The number of rotatable bonds is 3. The molecule has 8 aromatic carbocycles. The molecule has 0 bridgehead atoms. The minimum atomic E-state index is 1.16. The summed E-state index contributed by atoms with van der Waals surface area (Å²) in [5.41, 5.74) is 12.2. The standard InChI is InChI=1S/C48H29N3S/c1-2-14-33(15-3-1)50-41-22-9-7-19-38(41)45-39-20-11-23-43-47(39)51(48(45)50)42-27-25-32(29-44(42)52-43)31-13-10-16-34(28-31)49-40-21-8-6-18-36(40)37-26-24-30-12-4-5-17-35(30)46(37)49/h1-29H. The van der Waals surface area contributed by atoms with Crippen LogP contribution in [0.5, 0.6) is 0 Å². The van der Waals surface area contributed by atoms with Crippen molar-refractivity contribution in [3.8, 4) is 28.2 Å². The van der Waals surface area contributed by atoms with Crippen LogP contribution in [0.3, 0.4) is 0 Å². The van der Waals surface area contributed by atoms with E-state index in [4.69, 9.17) is 0 Å². The highest BCUT2D eigenvalue weighted by Crippen LogP contribution is 2.50. The first-order valence-electron chi connectivity index (χ1n) is 17.8. The lowest BCUT2D eigenvalue weighted by atomic mass is 10.0. The fourth-order valence-corrected chi connectivity index (χ4v) is 9.95. The van der Waals surface area contributed by atoms with Crippen LogP contribution in [-0.2, 0) is 0 Å². The molecule has 52 heavy (non-hydrogen) atoms. The molecule has 4 heteroatoms. The molecule has 0 atom stereocenters. The summed E-state index contributed by atoms with van der Waals surface area (Å²) in [6, 6.07) is 64.6. The smallest absolute Gasteiger partial charge is 0.131 e. The van der Waals surface area contributed by atoms with Gasteiger partial charge in [0.25, 0.3) is 0 Å². The largest absolute Gasteiger partial charge is 0.309 e. The quantitative estimate of drug-likeness (QED) is 0.181. The van der Waals surface area contributed by atoms with Crippen molar-refractivity contribution in [2.75, 3.05) is 0 Å². The number of nitrogens with zero attached hydrogens (tertiary/aromatic N) is 3. The van der Waals surface area contributed by atoms with Crippen molar-refractivity contribution in [2.45, 2.75) is 9.79 Å². The van der Waals surface area contributed by atoms with Crippen molar-refractivity contribution < 1.29 is 0 Å². The Morgan fingerprint density at radius 2 is 1.06 bits per heavy atom. The molecular formula is C48H29N3S. The first-order chi connectivity index (χ1) is 25.8. The second-order valence-corrected chi connectivity index (χ2v) is 14.8. The molecule has 1 aliphatic rings. The minimum absolute atomic E-state index is 1.16. The van der Waals surface area contributed by atoms with Gasteiger partial charge in [0, 0.05) is 53.5 Å². The molecule has 0 fully saturated rings. The summed E-state index contributed by atoms with van der Waals surface area (Å²) in [6.07, 6.45) is 0. The molecule has 4 heterocycles. The molecule has 242 valence electrons. The van der Waals surface area contributed by atoms with Crippen molar-refractivity contribution in [1.29, 1.82) is 0 Å². The summed E-state index contributed by atoms with van der Waals surface area (Å²) in [6.45, 7) is 0. The average molecular weight is 680 g/mol. The molecule has 0 saturated carbocycles. The van der Waals surface area contributed by atoms with Gasteiger partial charge in [-0.2, -0.15) is 0 Å². The highest BCUT2D eigenvalue weighted by Gasteiger charge is 2.28. The Balaban J connectivity index is 1.08. The summed E-state index contributed by atoms with van der Waals surface area (Å²) in [5.74, 6) is 0. The van der Waals surface area contributed by atoms with Gasteiger partial charge in [-0.25, -0.2) is 0 Å². The Labute approximate surface area is 303 Å². The van der Waals surface area contributed by atoms with E-state index in [-0.39, 0.29) is 0 Å². The first kappa shape index (κ1) is 28.2. The molecule has 0 N–H and O–H groups in total. The fraction of sp³-hybridized carbons (Fsp3) is 0. The van der Waals surface area contributed by atoms with Gasteiger partial charge in [0.05, 0.1) is 27.8 Å². The molecule has 11 aromatic rings. The molecule has 0 saturated heterocycles. The predicted molar refractivity (Wildman–Crippen MR) is 219 cm³/mol. The maximum atomic E-state index is 2.52. The van der Waals surface area contributed by atoms with Crippen LogP contribution in [0.4, 0.5) is 0 Å². The van der Waals surface area contributed by atoms with Crippen LogP contribution in [0.25, 0.3) is 93.6 Å². The van der Waals surface area contributed by atoms with E-state index in [1.165, 1.54) is 97.7 Å². The van der Waals surface area contributed by atoms with E-state index in [2.05, 4.69) is 190 Å². The number of hydrogen-bond acceptors (Lipinski definition) is 1. The summed E-state index contributed by atoms with van der Waals surface area (Å²) >= 11 is 1.88. The van der Waals surface area contributed by atoms with Gasteiger partial charge in [-0.15, -0.1) is 0 Å². The van der Waals surface area contributed by atoms with E-state index in [1.807, 2.05) is 11.8 Å². The zero-order valence-electron chi connectivity index (χ0n) is 28.0. The summed E-state index contributed by atoms with van der Waals surface area (Å²) < 4.78 is 7.42. The third-order valence-corrected chi connectivity index (χ3v) is 12.1. The average Bonchev–Trinajstić information content (AvgIpc) is 3.85. The second-order valence-electron chi connectivity index (χ2n) is 13.7. The van der Waals surface area contributed by atoms with Crippen LogP contribution in [-0.4, -0.2) is 13.7 Å². The number of aromatic nitrogens is 3. The molecule has 3 nitrogen and oxygen atoms in total. The third kappa shape index (κ3) is 3.77. The minimum Gasteiger partial charge on any atom is -0.309 e. The van der Waals surface area contributed by atoms with Crippen LogP contribution in [0.15, 0.2) is 186 Å². The summed E-state index contributed by atoms with van der Waals surface area (Å²) in [5, 5.41) is 8.95. The summed E-state index contributed by atoms with van der Waals surface area (Å²) in [4.78, 5) is 2.54. The molecule has 1 aliphatic heterocycles. The fourth-order valence-electron chi connectivity index (χ4n) is 8.82. The molecular weight excluding hydrogens is 651 g/mol. The lowest BCUT2D eigenvalue weighted by molar-refractivity contribution is 1.03. The predicted octanol–water partition coefficient (Wildman–Crippen LogP) is 13.1. The Kier molecular flexibility index (Phi) is 5.71. The summed E-state index contributed by atoms with van der Waals surface area (Å²) in [7, 11) is 0.